The Morgan fingerprint density at radius 3 is 2.29 bits per heavy atom. The minimum absolute atomic E-state index is 0.118. The molecule has 0 saturated heterocycles. The van der Waals surface area contributed by atoms with Gasteiger partial charge in [0.25, 0.3) is 0 Å². The summed E-state index contributed by atoms with van der Waals surface area (Å²) >= 11 is 0. The zero-order valence-electron chi connectivity index (χ0n) is 10.4. The van der Waals surface area contributed by atoms with E-state index in [-0.39, 0.29) is 5.78 Å². The van der Waals surface area contributed by atoms with Gasteiger partial charge in [-0.3, -0.25) is 4.79 Å². The number of carbonyl (C=O) groups is 2. The van der Waals surface area contributed by atoms with Crippen molar-refractivity contribution < 1.29 is 14.3 Å². The predicted molar refractivity (Wildman–Crippen MR) is 65.4 cm³/mol. The number of hydrogen-bond acceptors (Lipinski definition) is 3. The average molecular weight is 235 g/mol. The van der Waals surface area contributed by atoms with Crippen molar-refractivity contribution in [3.8, 4) is 5.75 Å². The van der Waals surface area contributed by atoms with Gasteiger partial charge in [0.15, 0.2) is 5.78 Å². The molecule has 4 heteroatoms. The van der Waals surface area contributed by atoms with Gasteiger partial charge in [0.05, 0.1) is 5.56 Å². The van der Waals surface area contributed by atoms with E-state index in [9.17, 15) is 9.59 Å². The van der Waals surface area contributed by atoms with Crippen molar-refractivity contribution in [3.05, 3.63) is 29.8 Å². The smallest absolute Gasteiger partial charge is 0.409 e. The molecule has 0 aliphatic heterocycles. The molecule has 0 atom stereocenters. The van der Waals surface area contributed by atoms with Gasteiger partial charge < -0.3 is 9.64 Å². The maximum atomic E-state index is 11.7. The van der Waals surface area contributed by atoms with Gasteiger partial charge in [-0.2, -0.15) is 0 Å². The zero-order valence-corrected chi connectivity index (χ0v) is 10.4. The fourth-order valence-electron chi connectivity index (χ4n) is 1.49. The second kappa shape index (κ2) is 6.03. The van der Waals surface area contributed by atoms with Crippen LogP contribution in [-0.4, -0.2) is 29.9 Å². The monoisotopic (exact) mass is 235 g/mol. The van der Waals surface area contributed by atoms with Crippen molar-refractivity contribution in [1.29, 1.82) is 0 Å². The van der Waals surface area contributed by atoms with Crippen molar-refractivity contribution in [2.75, 3.05) is 13.1 Å². The first-order valence-corrected chi connectivity index (χ1v) is 5.66. The Labute approximate surface area is 101 Å². The SMILES string of the molecule is CCN(CC)C(=O)Oc1ccccc1C(C)=O. The Bertz CT molecular complexity index is 411. The third-order valence-corrected chi connectivity index (χ3v) is 2.49. The second-order valence-corrected chi connectivity index (χ2v) is 3.59. The van der Waals surface area contributed by atoms with Gasteiger partial charge in [0.1, 0.15) is 5.75 Å². The largest absolute Gasteiger partial charge is 0.415 e. The van der Waals surface area contributed by atoms with E-state index in [0.717, 1.165) is 0 Å². The number of para-hydroxylation sites is 1. The molecule has 0 unspecified atom stereocenters. The number of ketones is 1. The topological polar surface area (TPSA) is 46.6 Å². The third kappa shape index (κ3) is 3.31. The van der Waals surface area contributed by atoms with Crippen molar-refractivity contribution in [1.82, 2.24) is 4.90 Å². The number of carbonyl (C=O) groups excluding carboxylic acids is 2. The van der Waals surface area contributed by atoms with Crippen LogP contribution in [0, 0.1) is 0 Å². The van der Waals surface area contributed by atoms with Gasteiger partial charge in [-0.05, 0) is 32.9 Å². The van der Waals surface area contributed by atoms with E-state index in [4.69, 9.17) is 4.74 Å². The van der Waals surface area contributed by atoms with Crippen molar-refractivity contribution >= 4 is 11.9 Å². The summed E-state index contributed by atoms with van der Waals surface area (Å²) in [4.78, 5) is 24.6. The van der Waals surface area contributed by atoms with Gasteiger partial charge >= 0.3 is 6.09 Å². The summed E-state index contributed by atoms with van der Waals surface area (Å²) in [5, 5.41) is 0. The van der Waals surface area contributed by atoms with Crippen LogP contribution in [0.1, 0.15) is 31.1 Å². The molecular weight excluding hydrogens is 218 g/mol. The average Bonchev–Trinajstić information content (AvgIpc) is 2.31. The molecule has 17 heavy (non-hydrogen) atoms. The zero-order chi connectivity index (χ0) is 12.8. The first kappa shape index (κ1) is 13.2. The highest BCUT2D eigenvalue weighted by Gasteiger charge is 2.15. The molecule has 1 aromatic carbocycles. The molecule has 0 saturated carbocycles. The van der Waals surface area contributed by atoms with Crippen LogP contribution in [0.2, 0.25) is 0 Å². The summed E-state index contributed by atoms with van der Waals surface area (Å²) in [6.07, 6.45) is -0.427. The van der Waals surface area contributed by atoms with E-state index < -0.39 is 6.09 Å². The van der Waals surface area contributed by atoms with Crippen LogP contribution in [0.5, 0.6) is 5.75 Å². The van der Waals surface area contributed by atoms with Crippen molar-refractivity contribution in [2.24, 2.45) is 0 Å². The molecule has 0 radical (unpaired) electrons. The molecule has 0 spiro atoms. The first-order chi connectivity index (χ1) is 8.10. The lowest BCUT2D eigenvalue weighted by atomic mass is 10.1. The summed E-state index contributed by atoms with van der Waals surface area (Å²) in [5.41, 5.74) is 0.424. The number of benzene rings is 1. The summed E-state index contributed by atoms with van der Waals surface area (Å²) in [7, 11) is 0. The van der Waals surface area contributed by atoms with E-state index in [1.54, 1.807) is 29.2 Å². The summed E-state index contributed by atoms with van der Waals surface area (Å²) in [6, 6.07) is 6.74. The maximum Gasteiger partial charge on any atom is 0.415 e. The van der Waals surface area contributed by atoms with E-state index in [2.05, 4.69) is 0 Å². The van der Waals surface area contributed by atoms with Gasteiger partial charge in [-0.1, -0.05) is 12.1 Å². The van der Waals surface area contributed by atoms with Gasteiger partial charge in [0, 0.05) is 13.1 Å². The van der Waals surface area contributed by atoms with Crippen molar-refractivity contribution in [3.63, 3.8) is 0 Å². The minimum atomic E-state index is -0.427. The molecule has 0 aromatic heterocycles. The van der Waals surface area contributed by atoms with Crippen LogP contribution in [-0.2, 0) is 0 Å². The first-order valence-electron chi connectivity index (χ1n) is 5.66. The molecule has 1 aromatic rings. The summed E-state index contributed by atoms with van der Waals surface area (Å²) in [6.45, 7) is 6.36. The third-order valence-electron chi connectivity index (χ3n) is 2.49. The summed E-state index contributed by atoms with van der Waals surface area (Å²) in [5.74, 6) is 0.199. The fraction of sp³-hybridized carbons (Fsp3) is 0.385. The van der Waals surface area contributed by atoms with Gasteiger partial charge in [0.2, 0.25) is 0 Å². The molecule has 0 heterocycles. The highest BCUT2D eigenvalue weighted by atomic mass is 16.6. The number of Topliss-reactive ketones (excluding diaryl/α,β-unsaturated/α-hetero) is 1. The Hall–Kier alpha value is -1.84. The Balaban J connectivity index is 2.88. The van der Waals surface area contributed by atoms with Crippen LogP contribution in [0.15, 0.2) is 24.3 Å². The Morgan fingerprint density at radius 1 is 1.18 bits per heavy atom. The number of nitrogens with zero attached hydrogens (tertiary/aromatic N) is 1. The lowest BCUT2D eigenvalue weighted by Gasteiger charge is -2.18. The quantitative estimate of drug-likeness (QED) is 0.754. The number of ether oxygens (including phenoxy) is 1. The molecule has 1 amide bonds. The maximum absolute atomic E-state index is 11.7. The Kier molecular flexibility index (Phi) is 4.69. The highest BCUT2D eigenvalue weighted by Crippen LogP contribution is 2.19. The molecule has 0 fully saturated rings. The molecule has 0 aliphatic carbocycles. The molecule has 0 N–H and O–H groups in total. The lowest BCUT2D eigenvalue weighted by molar-refractivity contribution is 0.101. The van der Waals surface area contributed by atoms with E-state index in [1.165, 1.54) is 6.92 Å². The highest BCUT2D eigenvalue weighted by molar-refractivity contribution is 5.97. The number of amides is 1. The summed E-state index contributed by atoms with van der Waals surface area (Å²) < 4.78 is 5.22. The lowest BCUT2D eigenvalue weighted by Crippen LogP contribution is -2.33. The van der Waals surface area contributed by atoms with Crippen LogP contribution in [0.3, 0.4) is 0 Å². The molecule has 92 valence electrons. The number of hydrogen-bond donors (Lipinski definition) is 0. The van der Waals surface area contributed by atoms with Crippen molar-refractivity contribution in [2.45, 2.75) is 20.8 Å². The van der Waals surface area contributed by atoms with E-state index in [1.807, 2.05) is 13.8 Å². The number of rotatable bonds is 4. The predicted octanol–water partition coefficient (Wildman–Crippen LogP) is 2.73. The standard InChI is InChI=1S/C13H17NO3/c1-4-14(5-2)13(16)17-12-9-7-6-8-11(12)10(3)15/h6-9H,4-5H2,1-3H3. The van der Waals surface area contributed by atoms with Crippen LogP contribution in [0.25, 0.3) is 0 Å². The fourth-order valence-corrected chi connectivity index (χ4v) is 1.49. The molecule has 1 rings (SSSR count). The minimum Gasteiger partial charge on any atom is -0.409 e. The van der Waals surface area contributed by atoms with E-state index >= 15 is 0 Å². The molecule has 4 nitrogen and oxygen atoms in total. The van der Waals surface area contributed by atoms with Crippen LogP contribution >= 0.6 is 0 Å². The van der Waals surface area contributed by atoms with Crippen LogP contribution < -0.4 is 4.74 Å². The van der Waals surface area contributed by atoms with Crippen LogP contribution in [0.4, 0.5) is 4.79 Å². The Morgan fingerprint density at radius 2 is 1.76 bits per heavy atom. The normalized spacial score (nSPS) is 9.82. The molecule has 0 bridgehead atoms. The van der Waals surface area contributed by atoms with Gasteiger partial charge in [-0.25, -0.2) is 4.79 Å². The van der Waals surface area contributed by atoms with Gasteiger partial charge in [-0.15, -0.1) is 0 Å². The molecular formula is C13H17NO3. The molecule has 0 aliphatic rings. The van der Waals surface area contributed by atoms with E-state index in [0.29, 0.717) is 24.4 Å². The second-order valence-electron chi connectivity index (χ2n) is 3.59.